The molecule has 1 atom stereocenters. The van der Waals surface area contributed by atoms with Crippen molar-refractivity contribution in [2.75, 3.05) is 13.2 Å². The van der Waals surface area contributed by atoms with Gasteiger partial charge in [-0.3, -0.25) is 9.59 Å². The summed E-state index contributed by atoms with van der Waals surface area (Å²) in [7, 11) is 0. The number of rotatable bonds is 31. The van der Waals surface area contributed by atoms with Crippen molar-refractivity contribution in [3.63, 3.8) is 0 Å². The second-order valence-electron chi connectivity index (χ2n) is 12.6. The van der Waals surface area contributed by atoms with Crippen LogP contribution in [0, 0.1) is 11.8 Å². The van der Waals surface area contributed by atoms with Crippen LogP contribution in [0.3, 0.4) is 0 Å². The standard InChI is InChI=1S/C36H70O4/c1-5-7-9-21-25-31-39-35(37)28-24-20-18-16-14-12-11-13-15-17-19-23-27-34(33(3)4)29-30-36(38)40-32-26-22-10-8-6-2/h33-34H,5-32H2,1-4H3. The van der Waals surface area contributed by atoms with Gasteiger partial charge in [-0.15, -0.1) is 0 Å². The van der Waals surface area contributed by atoms with Crippen LogP contribution in [-0.4, -0.2) is 25.2 Å². The molecule has 0 radical (unpaired) electrons. The van der Waals surface area contributed by atoms with Gasteiger partial charge in [-0.2, -0.15) is 0 Å². The van der Waals surface area contributed by atoms with Crippen LogP contribution < -0.4 is 0 Å². The lowest BCUT2D eigenvalue weighted by Crippen LogP contribution is -2.13. The molecule has 0 spiro atoms. The second kappa shape index (κ2) is 30.9. The molecule has 0 aliphatic heterocycles. The fourth-order valence-corrected chi connectivity index (χ4v) is 5.49. The molecule has 0 amide bonds. The molecular weight excluding hydrogens is 496 g/mol. The van der Waals surface area contributed by atoms with Crippen LogP contribution in [0.5, 0.6) is 0 Å². The van der Waals surface area contributed by atoms with Gasteiger partial charge in [0, 0.05) is 12.8 Å². The van der Waals surface area contributed by atoms with Crippen molar-refractivity contribution in [3.8, 4) is 0 Å². The Hall–Kier alpha value is -1.06. The second-order valence-corrected chi connectivity index (χ2v) is 12.6. The molecule has 40 heavy (non-hydrogen) atoms. The smallest absolute Gasteiger partial charge is 0.305 e. The summed E-state index contributed by atoms with van der Waals surface area (Å²) in [6.07, 6.45) is 30.8. The molecule has 0 fully saturated rings. The molecule has 4 heteroatoms. The van der Waals surface area contributed by atoms with Gasteiger partial charge >= 0.3 is 11.9 Å². The van der Waals surface area contributed by atoms with Crippen molar-refractivity contribution in [3.05, 3.63) is 0 Å². The Morgan fingerprint density at radius 2 is 0.825 bits per heavy atom. The van der Waals surface area contributed by atoms with E-state index in [-0.39, 0.29) is 11.9 Å². The molecule has 0 aliphatic carbocycles. The van der Waals surface area contributed by atoms with Gasteiger partial charge in [-0.1, -0.05) is 156 Å². The number of esters is 2. The molecule has 0 aliphatic rings. The maximum atomic E-state index is 12.1. The van der Waals surface area contributed by atoms with Gasteiger partial charge in [0.2, 0.25) is 0 Å². The first kappa shape index (κ1) is 38.9. The van der Waals surface area contributed by atoms with Gasteiger partial charge in [-0.25, -0.2) is 0 Å². The monoisotopic (exact) mass is 567 g/mol. The Bertz CT molecular complexity index is 545. The van der Waals surface area contributed by atoms with E-state index in [4.69, 9.17) is 9.47 Å². The van der Waals surface area contributed by atoms with E-state index in [1.165, 1.54) is 122 Å². The van der Waals surface area contributed by atoms with Gasteiger partial charge in [-0.05, 0) is 37.5 Å². The van der Waals surface area contributed by atoms with E-state index in [2.05, 4.69) is 27.7 Å². The van der Waals surface area contributed by atoms with Crippen LogP contribution in [0.4, 0.5) is 0 Å². The van der Waals surface area contributed by atoms with Crippen molar-refractivity contribution in [2.24, 2.45) is 11.8 Å². The molecule has 0 rings (SSSR count). The molecule has 0 saturated carbocycles. The van der Waals surface area contributed by atoms with E-state index < -0.39 is 0 Å². The molecule has 0 heterocycles. The van der Waals surface area contributed by atoms with Crippen molar-refractivity contribution in [1.29, 1.82) is 0 Å². The molecule has 0 aromatic rings. The highest BCUT2D eigenvalue weighted by atomic mass is 16.5. The number of hydrogen-bond donors (Lipinski definition) is 0. The minimum absolute atomic E-state index is 0.00118. The molecule has 0 aromatic heterocycles. The molecule has 4 nitrogen and oxygen atoms in total. The number of hydrogen-bond acceptors (Lipinski definition) is 4. The van der Waals surface area contributed by atoms with Crippen LogP contribution in [0.1, 0.15) is 195 Å². The number of carbonyl (C=O) groups is 2. The largest absolute Gasteiger partial charge is 0.466 e. The van der Waals surface area contributed by atoms with Crippen molar-refractivity contribution < 1.29 is 19.1 Å². The Kier molecular flexibility index (Phi) is 30.1. The van der Waals surface area contributed by atoms with E-state index in [9.17, 15) is 9.59 Å². The lowest BCUT2D eigenvalue weighted by atomic mass is 9.86. The third-order valence-electron chi connectivity index (χ3n) is 8.39. The van der Waals surface area contributed by atoms with Gasteiger partial charge in [0.25, 0.3) is 0 Å². The fraction of sp³-hybridized carbons (Fsp3) is 0.944. The number of unbranched alkanes of at least 4 members (excludes halogenated alkanes) is 19. The fourth-order valence-electron chi connectivity index (χ4n) is 5.49. The van der Waals surface area contributed by atoms with Crippen molar-refractivity contribution in [1.82, 2.24) is 0 Å². The summed E-state index contributed by atoms with van der Waals surface area (Å²) in [5, 5.41) is 0. The van der Waals surface area contributed by atoms with Gasteiger partial charge < -0.3 is 9.47 Å². The van der Waals surface area contributed by atoms with Gasteiger partial charge in [0.1, 0.15) is 0 Å². The number of carbonyl (C=O) groups excluding carboxylic acids is 2. The highest BCUT2D eigenvalue weighted by molar-refractivity contribution is 5.69. The van der Waals surface area contributed by atoms with E-state index in [1.807, 2.05) is 0 Å². The van der Waals surface area contributed by atoms with Crippen LogP contribution in [-0.2, 0) is 19.1 Å². The summed E-state index contributed by atoms with van der Waals surface area (Å²) >= 11 is 0. The van der Waals surface area contributed by atoms with Crippen molar-refractivity contribution >= 4 is 11.9 Å². The summed E-state index contributed by atoms with van der Waals surface area (Å²) in [6.45, 7) is 10.3. The third-order valence-corrected chi connectivity index (χ3v) is 8.39. The Morgan fingerprint density at radius 1 is 0.450 bits per heavy atom. The summed E-state index contributed by atoms with van der Waals surface area (Å²) in [4.78, 5) is 23.9. The Labute approximate surface area is 250 Å². The van der Waals surface area contributed by atoms with Crippen LogP contribution >= 0.6 is 0 Å². The first-order chi connectivity index (χ1) is 19.5. The molecule has 0 N–H and O–H groups in total. The predicted molar refractivity (Wildman–Crippen MR) is 172 cm³/mol. The minimum Gasteiger partial charge on any atom is -0.466 e. The van der Waals surface area contributed by atoms with E-state index in [1.54, 1.807) is 0 Å². The van der Waals surface area contributed by atoms with E-state index in [0.717, 1.165) is 32.1 Å². The average molecular weight is 567 g/mol. The maximum Gasteiger partial charge on any atom is 0.305 e. The minimum atomic E-state index is -0.00118. The third kappa shape index (κ3) is 28.5. The molecular formula is C36H70O4. The number of ether oxygens (including phenoxy) is 2. The Morgan fingerprint density at radius 3 is 1.27 bits per heavy atom. The van der Waals surface area contributed by atoms with Crippen LogP contribution in [0.25, 0.3) is 0 Å². The predicted octanol–water partition coefficient (Wildman–Crippen LogP) is 11.5. The molecule has 0 saturated heterocycles. The first-order valence-electron chi connectivity index (χ1n) is 17.8. The molecule has 0 aromatic carbocycles. The quantitative estimate of drug-likeness (QED) is 0.0618. The van der Waals surface area contributed by atoms with Crippen molar-refractivity contribution in [2.45, 2.75) is 195 Å². The topological polar surface area (TPSA) is 52.6 Å². The first-order valence-corrected chi connectivity index (χ1v) is 17.8. The van der Waals surface area contributed by atoms with Crippen LogP contribution in [0.15, 0.2) is 0 Å². The maximum absolute atomic E-state index is 12.1. The highest BCUT2D eigenvalue weighted by Gasteiger charge is 2.15. The summed E-state index contributed by atoms with van der Waals surface area (Å²) in [5.41, 5.74) is 0. The van der Waals surface area contributed by atoms with E-state index in [0.29, 0.717) is 37.9 Å². The normalized spacial score (nSPS) is 12.1. The van der Waals surface area contributed by atoms with Gasteiger partial charge in [0.15, 0.2) is 0 Å². The summed E-state index contributed by atoms with van der Waals surface area (Å²) < 4.78 is 10.8. The zero-order valence-electron chi connectivity index (χ0n) is 27.6. The lowest BCUT2D eigenvalue weighted by molar-refractivity contribution is -0.145. The highest BCUT2D eigenvalue weighted by Crippen LogP contribution is 2.24. The van der Waals surface area contributed by atoms with Crippen LogP contribution in [0.2, 0.25) is 0 Å². The van der Waals surface area contributed by atoms with E-state index >= 15 is 0 Å². The zero-order valence-corrected chi connectivity index (χ0v) is 27.6. The Balaban J connectivity index is 3.49. The average Bonchev–Trinajstić information content (AvgIpc) is 2.94. The zero-order chi connectivity index (χ0) is 29.5. The SMILES string of the molecule is CCCCCCCOC(=O)CCCCCCCCCCCCCCC(CCC(=O)OCCCCCCC)C(C)C. The summed E-state index contributed by atoms with van der Waals surface area (Å²) in [5.74, 6) is 1.28. The molecule has 1 unspecified atom stereocenters. The lowest BCUT2D eigenvalue weighted by Gasteiger charge is -2.20. The summed E-state index contributed by atoms with van der Waals surface area (Å²) in [6, 6.07) is 0. The molecule has 0 bridgehead atoms. The molecule has 238 valence electrons. The van der Waals surface area contributed by atoms with Gasteiger partial charge in [0.05, 0.1) is 13.2 Å².